The molecular formula is C17H18FN3O3S2. The summed E-state index contributed by atoms with van der Waals surface area (Å²) in [6.45, 7) is 1.73. The molecule has 2 N–H and O–H groups in total. The van der Waals surface area contributed by atoms with Gasteiger partial charge in [-0.25, -0.2) is 4.39 Å². The van der Waals surface area contributed by atoms with Crippen molar-refractivity contribution in [3.63, 3.8) is 0 Å². The fourth-order valence-corrected chi connectivity index (χ4v) is 4.33. The van der Waals surface area contributed by atoms with E-state index in [9.17, 15) is 14.0 Å². The number of hydrogen-bond donors (Lipinski definition) is 2. The van der Waals surface area contributed by atoms with Crippen LogP contribution < -0.4 is 10.6 Å². The third-order valence-corrected chi connectivity index (χ3v) is 5.76. The van der Waals surface area contributed by atoms with Crippen molar-refractivity contribution in [1.82, 2.24) is 10.5 Å². The first kappa shape index (κ1) is 18.8. The molecule has 0 unspecified atom stereocenters. The van der Waals surface area contributed by atoms with Crippen LogP contribution in [0.2, 0.25) is 0 Å². The zero-order valence-corrected chi connectivity index (χ0v) is 15.7. The number of carbonyl (C=O) groups is 2. The highest BCUT2D eigenvalue weighted by Crippen LogP contribution is 2.36. The Kier molecular flexibility index (Phi) is 6.20. The van der Waals surface area contributed by atoms with Crippen LogP contribution in [-0.4, -0.2) is 34.2 Å². The summed E-state index contributed by atoms with van der Waals surface area (Å²) in [6, 6.07) is 6.08. The quantitative estimate of drug-likeness (QED) is 0.782. The lowest BCUT2D eigenvalue weighted by molar-refractivity contribution is -0.119. The molecule has 0 aliphatic carbocycles. The van der Waals surface area contributed by atoms with E-state index in [1.54, 1.807) is 30.8 Å². The second-order valence-corrected chi connectivity index (χ2v) is 7.93. The van der Waals surface area contributed by atoms with Crippen LogP contribution in [0, 0.1) is 12.7 Å². The number of rotatable bonds is 6. The van der Waals surface area contributed by atoms with E-state index in [2.05, 4.69) is 15.8 Å². The van der Waals surface area contributed by atoms with Crippen LogP contribution in [-0.2, 0) is 9.59 Å². The Morgan fingerprint density at radius 3 is 2.92 bits per heavy atom. The number of thioether (sulfide) groups is 2. The lowest BCUT2D eigenvalue weighted by Gasteiger charge is -2.26. The van der Waals surface area contributed by atoms with E-state index >= 15 is 0 Å². The molecule has 1 aliphatic rings. The Bertz CT molecular complexity index is 812. The highest BCUT2D eigenvalue weighted by atomic mass is 32.2. The molecule has 138 valence electrons. The van der Waals surface area contributed by atoms with Crippen LogP contribution in [0.5, 0.6) is 0 Å². The van der Waals surface area contributed by atoms with Gasteiger partial charge in [-0.3, -0.25) is 9.59 Å². The number of aryl methyl sites for hydroxylation is 1. The van der Waals surface area contributed by atoms with Gasteiger partial charge in [0.2, 0.25) is 11.8 Å². The molecule has 0 bridgehead atoms. The van der Waals surface area contributed by atoms with Gasteiger partial charge in [-0.05, 0) is 37.1 Å². The number of nitrogens with one attached hydrogen (secondary N) is 2. The van der Waals surface area contributed by atoms with E-state index in [0.717, 1.165) is 22.6 Å². The van der Waals surface area contributed by atoms with Crippen LogP contribution in [0.3, 0.4) is 0 Å². The standard InChI is InChI=1S/C17H18FN3O3S2/c1-10-6-15(21-24-10)20-17(23)9-25-8-16(22)19-13-4-5-26-14-3-2-11(18)7-12(13)14/h2-3,6-7,13H,4-5,8-9H2,1H3,(H,19,22)(H,20,21,23)/t13-/m0/s1. The molecule has 3 rings (SSSR count). The average Bonchev–Trinajstić information content (AvgIpc) is 3.00. The minimum absolute atomic E-state index is 0.130. The molecule has 1 aromatic carbocycles. The fourth-order valence-electron chi connectivity index (χ4n) is 2.59. The van der Waals surface area contributed by atoms with Crippen LogP contribution in [0.15, 0.2) is 33.7 Å². The van der Waals surface area contributed by atoms with E-state index in [1.807, 2.05) is 0 Å². The average molecular weight is 395 g/mol. The normalized spacial score (nSPS) is 16.0. The number of anilines is 1. The van der Waals surface area contributed by atoms with E-state index in [0.29, 0.717) is 11.6 Å². The number of amides is 2. The van der Waals surface area contributed by atoms with Gasteiger partial charge in [0.05, 0.1) is 17.5 Å². The van der Waals surface area contributed by atoms with Crippen molar-refractivity contribution in [1.29, 1.82) is 0 Å². The highest BCUT2D eigenvalue weighted by molar-refractivity contribution is 8.00. The van der Waals surface area contributed by atoms with Crippen molar-refractivity contribution in [3.05, 3.63) is 41.4 Å². The second kappa shape index (κ2) is 8.59. The Morgan fingerprint density at radius 1 is 1.35 bits per heavy atom. The number of nitrogens with zero attached hydrogens (tertiary/aromatic N) is 1. The first-order chi connectivity index (χ1) is 12.5. The molecule has 0 saturated carbocycles. The molecule has 0 saturated heterocycles. The van der Waals surface area contributed by atoms with Gasteiger partial charge < -0.3 is 15.2 Å². The van der Waals surface area contributed by atoms with Crippen molar-refractivity contribution in [3.8, 4) is 0 Å². The van der Waals surface area contributed by atoms with Crippen LogP contribution in [0.25, 0.3) is 0 Å². The zero-order chi connectivity index (χ0) is 18.5. The van der Waals surface area contributed by atoms with Gasteiger partial charge in [0.1, 0.15) is 11.6 Å². The zero-order valence-electron chi connectivity index (χ0n) is 14.1. The summed E-state index contributed by atoms with van der Waals surface area (Å²) in [5.41, 5.74) is 0.818. The van der Waals surface area contributed by atoms with E-state index in [-0.39, 0.29) is 35.2 Å². The first-order valence-electron chi connectivity index (χ1n) is 8.04. The molecule has 6 nitrogen and oxygen atoms in total. The summed E-state index contributed by atoms with van der Waals surface area (Å²) in [5.74, 6) is 1.39. The first-order valence-corrected chi connectivity index (χ1v) is 10.2. The predicted octanol–water partition coefficient (Wildman–Crippen LogP) is 3.15. The van der Waals surface area contributed by atoms with Crippen LogP contribution in [0.1, 0.15) is 23.8 Å². The smallest absolute Gasteiger partial charge is 0.235 e. The number of aromatic nitrogens is 1. The molecule has 2 heterocycles. The van der Waals surface area contributed by atoms with Crippen molar-refractivity contribution < 1.29 is 18.5 Å². The molecule has 1 aliphatic heterocycles. The number of hydrogen-bond acceptors (Lipinski definition) is 6. The second-order valence-electron chi connectivity index (χ2n) is 5.80. The van der Waals surface area contributed by atoms with Crippen molar-refractivity contribution >= 4 is 41.2 Å². The van der Waals surface area contributed by atoms with Crippen LogP contribution >= 0.6 is 23.5 Å². The van der Waals surface area contributed by atoms with Crippen molar-refractivity contribution in [2.75, 3.05) is 22.6 Å². The topological polar surface area (TPSA) is 84.2 Å². The third-order valence-electron chi connectivity index (χ3n) is 3.71. The molecule has 2 aromatic rings. The number of benzene rings is 1. The lowest BCUT2D eigenvalue weighted by atomic mass is 10.0. The summed E-state index contributed by atoms with van der Waals surface area (Å²) >= 11 is 2.87. The van der Waals surface area contributed by atoms with Gasteiger partial charge in [0.15, 0.2) is 5.82 Å². The molecule has 1 aromatic heterocycles. The maximum absolute atomic E-state index is 13.5. The third kappa shape index (κ3) is 5.01. The van der Waals surface area contributed by atoms with Gasteiger partial charge in [-0.2, -0.15) is 0 Å². The number of fused-ring (bicyclic) bond motifs is 1. The molecule has 0 fully saturated rings. The van der Waals surface area contributed by atoms with Crippen LogP contribution in [0.4, 0.5) is 10.2 Å². The van der Waals surface area contributed by atoms with Gasteiger partial charge in [0, 0.05) is 16.7 Å². The molecule has 26 heavy (non-hydrogen) atoms. The Morgan fingerprint density at radius 2 is 2.15 bits per heavy atom. The molecule has 0 radical (unpaired) electrons. The van der Waals surface area contributed by atoms with E-state index in [4.69, 9.17) is 4.52 Å². The predicted molar refractivity (Wildman–Crippen MR) is 99.8 cm³/mol. The highest BCUT2D eigenvalue weighted by Gasteiger charge is 2.23. The van der Waals surface area contributed by atoms with Crippen molar-refractivity contribution in [2.45, 2.75) is 24.3 Å². The van der Waals surface area contributed by atoms with Gasteiger partial charge >= 0.3 is 0 Å². The van der Waals surface area contributed by atoms with E-state index in [1.165, 1.54) is 23.9 Å². The lowest BCUT2D eigenvalue weighted by Crippen LogP contribution is -2.32. The van der Waals surface area contributed by atoms with Gasteiger partial charge in [0.25, 0.3) is 0 Å². The molecule has 2 amide bonds. The minimum atomic E-state index is -0.306. The van der Waals surface area contributed by atoms with Gasteiger partial charge in [-0.1, -0.05) is 5.16 Å². The summed E-state index contributed by atoms with van der Waals surface area (Å²) in [7, 11) is 0. The summed E-state index contributed by atoms with van der Waals surface area (Å²) in [5, 5.41) is 9.20. The molecule has 0 spiro atoms. The van der Waals surface area contributed by atoms with Gasteiger partial charge in [-0.15, -0.1) is 23.5 Å². The fraction of sp³-hybridized carbons (Fsp3) is 0.353. The monoisotopic (exact) mass is 395 g/mol. The number of halogens is 1. The van der Waals surface area contributed by atoms with Crippen molar-refractivity contribution in [2.24, 2.45) is 0 Å². The SMILES string of the molecule is Cc1cc(NC(=O)CSCC(=O)N[C@H]2CCSc3ccc(F)cc32)no1. The Labute approximate surface area is 158 Å². The summed E-state index contributed by atoms with van der Waals surface area (Å²) < 4.78 is 18.4. The largest absolute Gasteiger partial charge is 0.360 e. The summed E-state index contributed by atoms with van der Waals surface area (Å²) in [4.78, 5) is 25.0. The molecular weight excluding hydrogens is 377 g/mol. The molecule has 1 atom stereocenters. The Balaban J connectivity index is 1.45. The summed E-state index contributed by atoms with van der Waals surface area (Å²) in [6.07, 6.45) is 0.753. The Hall–Kier alpha value is -2.00. The molecule has 9 heteroatoms. The minimum Gasteiger partial charge on any atom is -0.360 e. The van der Waals surface area contributed by atoms with E-state index < -0.39 is 0 Å². The maximum atomic E-state index is 13.5. The maximum Gasteiger partial charge on any atom is 0.235 e. The number of carbonyl (C=O) groups excluding carboxylic acids is 2.